The molecule has 104 valence electrons. The molecule has 0 radical (unpaired) electrons. The van der Waals surface area contributed by atoms with Crippen LogP contribution in [0.4, 0.5) is 0 Å². The molecule has 4 heteroatoms. The monoisotopic (exact) mass is 254 g/mol. The summed E-state index contributed by atoms with van der Waals surface area (Å²) in [5.41, 5.74) is 0. The Labute approximate surface area is 110 Å². The van der Waals surface area contributed by atoms with Crippen LogP contribution in [0.5, 0.6) is 0 Å². The Morgan fingerprint density at radius 3 is 2.94 bits per heavy atom. The van der Waals surface area contributed by atoms with Gasteiger partial charge in [0.1, 0.15) is 0 Å². The molecule has 2 aliphatic rings. The van der Waals surface area contributed by atoms with Gasteiger partial charge in [0.2, 0.25) is 5.91 Å². The van der Waals surface area contributed by atoms with Crippen LogP contribution in [-0.2, 0) is 9.53 Å². The van der Waals surface area contributed by atoms with E-state index in [0.29, 0.717) is 6.61 Å². The molecule has 1 amide bonds. The number of ether oxygens (including phenoxy) is 1. The quantitative estimate of drug-likeness (QED) is 0.666. The molecule has 0 spiro atoms. The number of nitrogens with one attached hydrogen (secondary N) is 1. The molecule has 1 aliphatic carbocycles. The molecule has 18 heavy (non-hydrogen) atoms. The van der Waals surface area contributed by atoms with Crippen molar-refractivity contribution in [3.63, 3.8) is 0 Å². The Morgan fingerprint density at radius 1 is 1.39 bits per heavy atom. The number of nitrogens with zero attached hydrogens (tertiary/aromatic N) is 1. The Balaban J connectivity index is 1.64. The standard InChI is InChI=1S/C14H26N2O2/c1-2-7-15-13-4-3-8-16(14(13)17)9-10-18-11-12-5-6-12/h12-13,15H,2-11H2,1H3. The summed E-state index contributed by atoms with van der Waals surface area (Å²) < 4.78 is 5.61. The van der Waals surface area contributed by atoms with Crippen LogP contribution in [0.15, 0.2) is 0 Å². The van der Waals surface area contributed by atoms with Crippen LogP contribution < -0.4 is 5.32 Å². The van der Waals surface area contributed by atoms with Crippen LogP contribution >= 0.6 is 0 Å². The van der Waals surface area contributed by atoms with Crippen LogP contribution in [-0.4, -0.2) is 49.7 Å². The summed E-state index contributed by atoms with van der Waals surface area (Å²) >= 11 is 0. The zero-order valence-corrected chi connectivity index (χ0v) is 11.5. The van der Waals surface area contributed by atoms with Crippen molar-refractivity contribution in [3.8, 4) is 0 Å². The van der Waals surface area contributed by atoms with E-state index in [1.165, 1.54) is 12.8 Å². The first-order valence-electron chi connectivity index (χ1n) is 7.41. The lowest BCUT2D eigenvalue weighted by Gasteiger charge is -2.32. The molecule has 0 aromatic heterocycles. The van der Waals surface area contributed by atoms with Gasteiger partial charge < -0.3 is 15.0 Å². The van der Waals surface area contributed by atoms with Crippen LogP contribution in [0.25, 0.3) is 0 Å². The van der Waals surface area contributed by atoms with Crippen LogP contribution in [0.1, 0.15) is 39.0 Å². The van der Waals surface area contributed by atoms with Crippen molar-refractivity contribution in [2.24, 2.45) is 5.92 Å². The molecule has 1 saturated carbocycles. The third-order valence-electron chi connectivity index (χ3n) is 3.73. The van der Waals surface area contributed by atoms with Crippen LogP contribution in [0, 0.1) is 5.92 Å². The lowest BCUT2D eigenvalue weighted by molar-refractivity contribution is -0.136. The van der Waals surface area contributed by atoms with Gasteiger partial charge in [-0.1, -0.05) is 6.92 Å². The maximum Gasteiger partial charge on any atom is 0.239 e. The number of hydrogen-bond acceptors (Lipinski definition) is 3. The number of carbonyl (C=O) groups excluding carboxylic acids is 1. The molecule has 1 atom stereocenters. The van der Waals surface area contributed by atoms with Gasteiger partial charge in [-0.3, -0.25) is 4.79 Å². The Bertz CT molecular complexity index is 267. The molecule has 1 N–H and O–H groups in total. The summed E-state index contributed by atoms with van der Waals surface area (Å²) in [5.74, 6) is 1.07. The molecule has 1 heterocycles. The van der Waals surface area contributed by atoms with Crippen molar-refractivity contribution in [2.75, 3.05) is 32.8 Å². The van der Waals surface area contributed by atoms with E-state index in [2.05, 4.69) is 12.2 Å². The number of carbonyl (C=O) groups is 1. The molecular formula is C14H26N2O2. The minimum Gasteiger partial charge on any atom is -0.379 e. The summed E-state index contributed by atoms with van der Waals surface area (Å²) in [6, 6.07) is 0.0436. The fourth-order valence-electron chi connectivity index (χ4n) is 2.38. The predicted molar refractivity (Wildman–Crippen MR) is 71.4 cm³/mol. The number of rotatable bonds is 8. The highest BCUT2D eigenvalue weighted by atomic mass is 16.5. The second kappa shape index (κ2) is 7.10. The van der Waals surface area contributed by atoms with Crippen LogP contribution in [0.2, 0.25) is 0 Å². The Hall–Kier alpha value is -0.610. The van der Waals surface area contributed by atoms with Gasteiger partial charge >= 0.3 is 0 Å². The first-order chi connectivity index (χ1) is 8.81. The predicted octanol–water partition coefficient (Wildman–Crippen LogP) is 1.40. The second-order valence-corrected chi connectivity index (χ2v) is 5.49. The third kappa shape index (κ3) is 4.25. The minimum absolute atomic E-state index is 0.0436. The molecule has 1 saturated heterocycles. The smallest absolute Gasteiger partial charge is 0.239 e. The van der Waals surface area contributed by atoms with E-state index < -0.39 is 0 Å². The molecular weight excluding hydrogens is 228 g/mol. The molecule has 2 fully saturated rings. The summed E-state index contributed by atoms with van der Waals surface area (Å²) in [6.45, 7) is 6.31. The highest BCUT2D eigenvalue weighted by molar-refractivity contribution is 5.82. The zero-order valence-electron chi connectivity index (χ0n) is 11.5. The van der Waals surface area contributed by atoms with E-state index in [1.54, 1.807) is 0 Å². The number of amides is 1. The van der Waals surface area contributed by atoms with Crippen molar-refractivity contribution in [1.29, 1.82) is 0 Å². The highest BCUT2D eigenvalue weighted by Gasteiger charge is 2.28. The van der Waals surface area contributed by atoms with E-state index in [9.17, 15) is 4.79 Å². The van der Waals surface area contributed by atoms with Gasteiger partial charge in [-0.05, 0) is 44.6 Å². The Morgan fingerprint density at radius 2 is 2.22 bits per heavy atom. The Kier molecular flexibility index (Phi) is 5.45. The summed E-state index contributed by atoms with van der Waals surface area (Å²) in [7, 11) is 0. The number of piperidine rings is 1. The van der Waals surface area contributed by atoms with Crippen molar-refractivity contribution in [3.05, 3.63) is 0 Å². The van der Waals surface area contributed by atoms with E-state index in [4.69, 9.17) is 4.74 Å². The maximum absolute atomic E-state index is 12.2. The summed E-state index contributed by atoms with van der Waals surface area (Å²) in [6.07, 6.45) is 5.82. The largest absolute Gasteiger partial charge is 0.379 e. The number of likely N-dealkylation sites (tertiary alicyclic amines) is 1. The average molecular weight is 254 g/mol. The lowest BCUT2D eigenvalue weighted by atomic mass is 10.0. The first kappa shape index (κ1) is 13.8. The fraction of sp³-hybridized carbons (Fsp3) is 0.929. The van der Waals surface area contributed by atoms with E-state index in [-0.39, 0.29) is 11.9 Å². The molecule has 0 aromatic rings. The number of hydrogen-bond donors (Lipinski definition) is 1. The zero-order chi connectivity index (χ0) is 12.8. The van der Waals surface area contributed by atoms with Crippen LogP contribution in [0.3, 0.4) is 0 Å². The molecule has 0 bridgehead atoms. The maximum atomic E-state index is 12.2. The van der Waals surface area contributed by atoms with E-state index >= 15 is 0 Å². The van der Waals surface area contributed by atoms with Gasteiger partial charge in [-0.2, -0.15) is 0 Å². The fourth-order valence-corrected chi connectivity index (χ4v) is 2.38. The topological polar surface area (TPSA) is 41.6 Å². The third-order valence-corrected chi connectivity index (χ3v) is 3.73. The molecule has 2 rings (SSSR count). The minimum atomic E-state index is 0.0436. The summed E-state index contributed by atoms with van der Waals surface area (Å²) in [5, 5.41) is 3.34. The summed E-state index contributed by atoms with van der Waals surface area (Å²) in [4.78, 5) is 14.1. The van der Waals surface area contributed by atoms with Gasteiger partial charge in [-0.15, -0.1) is 0 Å². The van der Waals surface area contributed by atoms with Gasteiger partial charge in [0.15, 0.2) is 0 Å². The van der Waals surface area contributed by atoms with E-state index in [0.717, 1.165) is 51.4 Å². The van der Waals surface area contributed by atoms with Gasteiger partial charge in [0.25, 0.3) is 0 Å². The molecule has 1 unspecified atom stereocenters. The molecule has 0 aromatic carbocycles. The van der Waals surface area contributed by atoms with Gasteiger partial charge in [0.05, 0.1) is 12.6 Å². The van der Waals surface area contributed by atoms with E-state index in [1.807, 2.05) is 4.90 Å². The lowest BCUT2D eigenvalue weighted by Crippen LogP contribution is -2.51. The SMILES string of the molecule is CCCNC1CCCN(CCOCC2CC2)C1=O. The van der Waals surface area contributed by atoms with Gasteiger partial charge in [0, 0.05) is 19.7 Å². The highest BCUT2D eigenvalue weighted by Crippen LogP contribution is 2.28. The normalized spacial score (nSPS) is 24.6. The van der Waals surface area contributed by atoms with Gasteiger partial charge in [-0.25, -0.2) is 0 Å². The average Bonchev–Trinajstić information content (AvgIpc) is 3.19. The second-order valence-electron chi connectivity index (χ2n) is 5.49. The molecule has 4 nitrogen and oxygen atoms in total. The van der Waals surface area contributed by atoms with Crippen molar-refractivity contribution >= 4 is 5.91 Å². The van der Waals surface area contributed by atoms with Crippen molar-refractivity contribution in [1.82, 2.24) is 10.2 Å². The first-order valence-corrected chi connectivity index (χ1v) is 7.41. The van der Waals surface area contributed by atoms with Crippen molar-refractivity contribution in [2.45, 2.75) is 45.1 Å². The molecule has 1 aliphatic heterocycles. The van der Waals surface area contributed by atoms with Crippen molar-refractivity contribution < 1.29 is 9.53 Å².